The van der Waals surface area contributed by atoms with Gasteiger partial charge >= 0.3 is 5.97 Å². The Morgan fingerprint density at radius 3 is 2.70 bits per heavy atom. The van der Waals surface area contributed by atoms with Crippen molar-refractivity contribution in [3.8, 4) is 0 Å². The van der Waals surface area contributed by atoms with Crippen molar-refractivity contribution >= 4 is 5.97 Å². The van der Waals surface area contributed by atoms with Crippen LogP contribution in [0.15, 0.2) is 12.2 Å². The van der Waals surface area contributed by atoms with Crippen LogP contribution in [0.2, 0.25) is 0 Å². The standard InChI is InChI=1S/C17H28O3/c1-12(2)17(18)20-10-9-19-8-7-14-11-13(3)15-5-4-6-16(14)15/h13-16H,1,4-11H2,2-3H3. The first-order chi connectivity index (χ1) is 9.59. The lowest BCUT2D eigenvalue weighted by atomic mass is 9.89. The second-order valence-electron chi connectivity index (χ2n) is 6.55. The minimum atomic E-state index is -0.327. The predicted octanol–water partition coefficient (Wildman–Crippen LogP) is 3.58. The summed E-state index contributed by atoms with van der Waals surface area (Å²) in [5.41, 5.74) is 0.442. The summed E-state index contributed by atoms with van der Waals surface area (Å²) in [5, 5.41) is 0. The van der Waals surface area contributed by atoms with Gasteiger partial charge in [0.1, 0.15) is 6.61 Å². The molecule has 0 aromatic carbocycles. The molecule has 0 amide bonds. The van der Waals surface area contributed by atoms with E-state index in [0.29, 0.717) is 18.8 Å². The van der Waals surface area contributed by atoms with Gasteiger partial charge in [0.15, 0.2) is 0 Å². The van der Waals surface area contributed by atoms with Crippen LogP contribution in [-0.4, -0.2) is 25.8 Å². The van der Waals surface area contributed by atoms with Crippen molar-refractivity contribution in [2.24, 2.45) is 23.7 Å². The molecule has 0 saturated heterocycles. The molecule has 0 bridgehead atoms. The molecule has 20 heavy (non-hydrogen) atoms. The van der Waals surface area contributed by atoms with E-state index in [4.69, 9.17) is 9.47 Å². The van der Waals surface area contributed by atoms with Crippen molar-refractivity contribution in [2.75, 3.05) is 19.8 Å². The van der Waals surface area contributed by atoms with Gasteiger partial charge in [-0.2, -0.15) is 0 Å². The molecule has 4 unspecified atom stereocenters. The monoisotopic (exact) mass is 280 g/mol. The van der Waals surface area contributed by atoms with Gasteiger partial charge in [-0.1, -0.05) is 19.9 Å². The third-order valence-electron chi connectivity index (χ3n) is 5.08. The molecule has 0 radical (unpaired) electrons. The molecule has 0 N–H and O–H groups in total. The fourth-order valence-corrected chi connectivity index (χ4v) is 4.12. The lowest BCUT2D eigenvalue weighted by Gasteiger charge is -2.18. The molecule has 2 aliphatic rings. The van der Waals surface area contributed by atoms with E-state index < -0.39 is 0 Å². The van der Waals surface area contributed by atoms with Gasteiger partial charge in [0, 0.05) is 12.2 Å². The van der Waals surface area contributed by atoms with Crippen LogP contribution in [0.1, 0.15) is 46.0 Å². The maximum Gasteiger partial charge on any atom is 0.333 e. The maximum absolute atomic E-state index is 11.2. The molecule has 0 spiro atoms. The van der Waals surface area contributed by atoms with Gasteiger partial charge in [0.05, 0.1) is 6.61 Å². The molecule has 2 aliphatic carbocycles. The van der Waals surface area contributed by atoms with E-state index in [-0.39, 0.29) is 5.97 Å². The number of hydrogen-bond acceptors (Lipinski definition) is 3. The number of rotatable bonds is 7. The lowest BCUT2D eigenvalue weighted by molar-refractivity contribution is -0.140. The fraction of sp³-hybridized carbons (Fsp3) is 0.824. The van der Waals surface area contributed by atoms with E-state index in [1.54, 1.807) is 6.92 Å². The van der Waals surface area contributed by atoms with Crippen LogP contribution in [0.3, 0.4) is 0 Å². The highest BCUT2D eigenvalue weighted by Crippen LogP contribution is 2.51. The van der Waals surface area contributed by atoms with Crippen molar-refractivity contribution in [2.45, 2.75) is 46.0 Å². The summed E-state index contributed by atoms with van der Waals surface area (Å²) in [6.45, 7) is 9.24. The average Bonchev–Trinajstić information content (AvgIpc) is 2.98. The van der Waals surface area contributed by atoms with Gasteiger partial charge in [0.2, 0.25) is 0 Å². The summed E-state index contributed by atoms with van der Waals surface area (Å²) in [6, 6.07) is 0. The number of carbonyl (C=O) groups is 1. The van der Waals surface area contributed by atoms with Crippen LogP contribution in [0.5, 0.6) is 0 Å². The van der Waals surface area contributed by atoms with Crippen molar-refractivity contribution in [1.29, 1.82) is 0 Å². The minimum absolute atomic E-state index is 0.327. The largest absolute Gasteiger partial charge is 0.460 e. The molecule has 3 nitrogen and oxygen atoms in total. The second kappa shape index (κ2) is 7.26. The lowest BCUT2D eigenvalue weighted by Crippen LogP contribution is -2.14. The normalized spacial score (nSPS) is 32.1. The van der Waals surface area contributed by atoms with E-state index in [2.05, 4.69) is 13.5 Å². The number of esters is 1. The zero-order valence-corrected chi connectivity index (χ0v) is 12.9. The van der Waals surface area contributed by atoms with Crippen LogP contribution in [0.25, 0.3) is 0 Å². The molecule has 2 saturated carbocycles. The Morgan fingerprint density at radius 1 is 1.20 bits per heavy atom. The Balaban J connectivity index is 1.55. The van der Waals surface area contributed by atoms with Crippen molar-refractivity contribution in [3.63, 3.8) is 0 Å². The van der Waals surface area contributed by atoms with Crippen molar-refractivity contribution in [1.82, 2.24) is 0 Å². The molecule has 3 heteroatoms. The van der Waals surface area contributed by atoms with E-state index >= 15 is 0 Å². The summed E-state index contributed by atoms with van der Waals surface area (Å²) in [7, 11) is 0. The Bertz CT molecular complexity index is 350. The Hall–Kier alpha value is -0.830. The average molecular weight is 280 g/mol. The van der Waals surface area contributed by atoms with E-state index in [0.717, 1.165) is 30.3 Å². The summed E-state index contributed by atoms with van der Waals surface area (Å²) < 4.78 is 10.6. The smallest absolute Gasteiger partial charge is 0.333 e. The summed E-state index contributed by atoms with van der Waals surface area (Å²) >= 11 is 0. The van der Waals surface area contributed by atoms with Gasteiger partial charge < -0.3 is 9.47 Å². The fourth-order valence-electron chi connectivity index (χ4n) is 4.12. The van der Waals surface area contributed by atoms with E-state index in [9.17, 15) is 4.79 Å². The molecule has 0 aromatic heterocycles. The topological polar surface area (TPSA) is 35.5 Å². The van der Waals surface area contributed by atoms with Crippen molar-refractivity contribution < 1.29 is 14.3 Å². The molecule has 0 aromatic rings. The number of fused-ring (bicyclic) bond motifs is 1. The number of ether oxygens (including phenoxy) is 2. The molecule has 0 heterocycles. The summed E-state index contributed by atoms with van der Waals surface area (Å²) in [4.78, 5) is 11.2. The first-order valence-electron chi connectivity index (χ1n) is 8.00. The SMILES string of the molecule is C=C(C)C(=O)OCCOCCC1CC(C)C2CCCC12. The number of carbonyl (C=O) groups excluding carboxylic acids is 1. The molecule has 4 atom stereocenters. The van der Waals surface area contributed by atoms with Gasteiger partial charge in [0.25, 0.3) is 0 Å². The Labute approximate surface area is 122 Å². The van der Waals surface area contributed by atoms with Crippen LogP contribution in [0.4, 0.5) is 0 Å². The first kappa shape index (κ1) is 15.6. The van der Waals surface area contributed by atoms with E-state index in [1.807, 2.05) is 0 Å². The third kappa shape index (κ3) is 3.85. The van der Waals surface area contributed by atoms with Gasteiger partial charge in [-0.25, -0.2) is 4.79 Å². The quantitative estimate of drug-likeness (QED) is 0.406. The summed E-state index contributed by atoms with van der Waals surface area (Å²) in [6.07, 6.45) is 6.84. The zero-order valence-electron chi connectivity index (χ0n) is 12.9. The summed E-state index contributed by atoms with van der Waals surface area (Å²) in [5.74, 6) is 3.37. The molecular formula is C17H28O3. The Kier molecular flexibility index (Phi) is 5.64. The highest BCUT2D eigenvalue weighted by molar-refractivity contribution is 5.86. The predicted molar refractivity (Wildman–Crippen MR) is 79.3 cm³/mol. The van der Waals surface area contributed by atoms with Crippen LogP contribution in [0, 0.1) is 23.7 Å². The van der Waals surface area contributed by atoms with Crippen LogP contribution in [-0.2, 0) is 14.3 Å². The van der Waals surface area contributed by atoms with Crippen LogP contribution >= 0.6 is 0 Å². The number of hydrogen-bond donors (Lipinski definition) is 0. The Morgan fingerprint density at radius 2 is 1.95 bits per heavy atom. The highest BCUT2D eigenvalue weighted by Gasteiger charge is 2.42. The first-order valence-corrected chi connectivity index (χ1v) is 8.00. The minimum Gasteiger partial charge on any atom is -0.460 e. The highest BCUT2D eigenvalue weighted by atomic mass is 16.6. The molecule has 114 valence electrons. The zero-order chi connectivity index (χ0) is 14.5. The van der Waals surface area contributed by atoms with Gasteiger partial charge in [-0.05, 0) is 56.3 Å². The van der Waals surface area contributed by atoms with E-state index in [1.165, 1.54) is 32.1 Å². The second-order valence-corrected chi connectivity index (χ2v) is 6.55. The van der Waals surface area contributed by atoms with Crippen LogP contribution < -0.4 is 0 Å². The molecule has 2 fully saturated rings. The van der Waals surface area contributed by atoms with Gasteiger partial charge in [-0.3, -0.25) is 0 Å². The van der Waals surface area contributed by atoms with Gasteiger partial charge in [-0.15, -0.1) is 0 Å². The maximum atomic E-state index is 11.2. The third-order valence-corrected chi connectivity index (χ3v) is 5.08. The van der Waals surface area contributed by atoms with Crippen molar-refractivity contribution in [3.05, 3.63) is 12.2 Å². The molecule has 0 aliphatic heterocycles. The molecular weight excluding hydrogens is 252 g/mol. The molecule has 2 rings (SSSR count).